The molecule has 0 fully saturated rings. The number of rotatable bonds is 27. The van der Waals surface area contributed by atoms with Crippen molar-refractivity contribution < 1.29 is 9.59 Å². The van der Waals surface area contributed by atoms with Gasteiger partial charge in [-0.3, -0.25) is 9.59 Å². The number of benzene rings is 1. The lowest BCUT2D eigenvalue weighted by Crippen LogP contribution is -2.34. The second kappa shape index (κ2) is 23.5. The van der Waals surface area contributed by atoms with E-state index in [1.807, 2.05) is 32.5 Å². The van der Waals surface area contributed by atoms with E-state index in [4.69, 9.17) is 0 Å². The van der Waals surface area contributed by atoms with Crippen molar-refractivity contribution in [3.05, 3.63) is 78.2 Å². The van der Waals surface area contributed by atoms with E-state index < -0.39 is 0 Å². The lowest BCUT2D eigenvalue weighted by atomic mass is 9.83. The van der Waals surface area contributed by atoms with Gasteiger partial charge in [0.2, 0.25) is 0 Å². The average Bonchev–Trinajstić information content (AvgIpc) is 4.19. The SMILES string of the molecule is CCCCC(CC)Cc1c(CC(CC)CCCC)c2cc(-c3ccc(C4=C5C(=O)N(CC(CC)CCCC)C(c6ccc(C)s6)=C5C(=O)N4CC(CC)CCCC)s3)sc2c2sc(C)cc12. The molecule has 5 aromatic rings. The van der Waals surface area contributed by atoms with Crippen molar-refractivity contribution in [3.8, 4) is 9.75 Å². The van der Waals surface area contributed by atoms with Crippen LogP contribution in [0.25, 0.3) is 41.3 Å². The summed E-state index contributed by atoms with van der Waals surface area (Å²) in [6, 6.07) is 13.9. The number of nitrogens with zero attached hydrogens (tertiary/aromatic N) is 2. The molecule has 0 radical (unpaired) electrons. The summed E-state index contributed by atoms with van der Waals surface area (Å²) in [5.74, 6) is 2.14. The fourth-order valence-corrected chi connectivity index (χ4v) is 15.3. The molecule has 4 atom stereocenters. The minimum absolute atomic E-state index is 0.00997. The molecule has 0 saturated carbocycles. The maximum absolute atomic E-state index is 15.3. The van der Waals surface area contributed by atoms with Gasteiger partial charge in [0.15, 0.2) is 0 Å². The second-order valence-electron chi connectivity index (χ2n) is 19.8. The number of hydrogen-bond donors (Lipinski definition) is 0. The Morgan fingerprint density at radius 1 is 0.455 bits per heavy atom. The first kappa shape index (κ1) is 50.8. The Labute approximate surface area is 415 Å². The first-order valence-corrected chi connectivity index (χ1v) is 29.6. The molecule has 2 aliphatic rings. The third kappa shape index (κ3) is 10.7. The molecule has 0 aliphatic carbocycles. The average molecular weight is 966 g/mol. The van der Waals surface area contributed by atoms with Gasteiger partial charge in [-0.1, -0.05) is 145 Å². The van der Waals surface area contributed by atoms with Gasteiger partial charge in [0.05, 0.1) is 41.7 Å². The van der Waals surface area contributed by atoms with Crippen molar-refractivity contribution >= 4 is 88.7 Å². The zero-order valence-corrected chi connectivity index (χ0v) is 45.5. The van der Waals surface area contributed by atoms with E-state index in [1.54, 1.807) is 33.8 Å². The highest BCUT2D eigenvalue weighted by Gasteiger charge is 2.50. The molecule has 2 amide bonds. The van der Waals surface area contributed by atoms with Crippen molar-refractivity contribution in [3.63, 3.8) is 0 Å². The van der Waals surface area contributed by atoms with Crippen LogP contribution in [0.15, 0.2) is 47.5 Å². The Hall–Kier alpha value is -3.04. The van der Waals surface area contributed by atoms with Crippen LogP contribution in [0.5, 0.6) is 0 Å². The molecular formula is C58H80N2O2S4. The maximum atomic E-state index is 15.3. The minimum Gasteiger partial charge on any atom is -0.306 e. The van der Waals surface area contributed by atoms with Gasteiger partial charge in [-0.2, -0.15) is 0 Å². The third-order valence-corrected chi connectivity index (χ3v) is 19.7. The number of carbonyl (C=O) groups is 2. The fourth-order valence-electron chi connectivity index (χ4n) is 10.8. The van der Waals surface area contributed by atoms with Crippen LogP contribution in [0.2, 0.25) is 0 Å². The van der Waals surface area contributed by atoms with Gasteiger partial charge < -0.3 is 9.80 Å². The number of amides is 2. The predicted molar refractivity (Wildman–Crippen MR) is 292 cm³/mol. The lowest BCUT2D eigenvalue weighted by Gasteiger charge is -2.29. The number of unbranched alkanes of at least 4 members (excludes halogenated alkanes) is 4. The first-order valence-electron chi connectivity index (χ1n) is 26.3. The van der Waals surface area contributed by atoms with Gasteiger partial charge in [0.25, 0.3) is 11.8 Å². The quantitative estimate of drug-likeness (QED) is 0.0526. The van der Waals surface area contributed by atoms with Crippen molar-refractivity contribution in [2.45, 2.75) is 185 Å². The molecule has 0 spiro atoms. The standard InChI is InChI=1S/C58H80N2O2S4/c1-11-19-23-39(15-5)32-43-44(33-40(16-6)24-20-12-2)46-34-50(66-56(46)55-45(43)31-38(10)64-55)47-29-30-49(65-47)54-52-51(57(61)60(54)36-42(18-8)26-22-14-4)53(48-28-27-37(9)63-48)59(58(52)62)35-41(17-7)25-21-13-3/h27-31,34,39-42H,11-26,32-33,35-36H2,1-10H3. The van der Waals surface area contributed by atoms with Crippen molar-refractivity contribution in [1.29, 1.82) is 0 Å². The van der Waals surface area contributed by atoms with E-state index >= 15 is 9.59 Å². The molecule has 0 bridgehead atoms. The number of fused-ring (bicyclic) bond motifs is 4. The Kier molecular flexibility index (Phi) is 18.1. The number of carbonyl (C=O) groups excluding carboxylic acids is 2. The molecule has 4 unspecified atom stereocenters. The summed E-state index contributed by atoms with van der Waals surface area (Å²) in [6.07, 6.45) is 21.2. The number of hydrogen-bond acceptors (Lipinski definition) is 6. The van der Waals surface area contributed by atoms with Crippen LogP contribution in [0, 0.1) is 37.5 Å². The molecule has 1 aromatic carbocycles. The molecule has 2 aliphatic heterocycles. The molecule has 0 N–H and O–H groups in total. The Morgan fingerprint density at radius 2 is 0.879 bits per heavy atom. The summed E-state index contributed by atoms with van der Waals surface area (Å²) < 4.78 is 2.90. The van der Waals surface area contributed by atoms with Gasteiger partial charge in [0, 0.05) is 32.6 Å². The molecule has 4 nitrogen and oxygen atoms in total. The third-order valence-electron chi connectivity index (χ3n) is 15.1. The Bertz CT molecular complexity index is 2510. The van der Waals surface area contributed by atoms with E-state index in [9.17, 15) is 0 Å². The lowest BCUT2D eigenvalue weighted by molar-refractivity contribution is -0.124. The molecule has 0 saturated heterocycles. The Morgan fingerprint density at radius 3 is 1.33 bits per heavy atom. The summed E-state index contributed by atoms with van der Waals surface area (Å²) >= 11 is 7.43. The fraction of sp³-hybridized carbons (Fsp3) is 0.586. The van der Waals surface area contributed by atoms with Crippen LogP contribution in [-0.2, 0) is 22.4 Å². The molecule has 358 valence electrons. The van der Waals surface area contributed by atoms with Gasteiger partial charge in [0.1, 0.15) is 0 Å². The molecule has 6 heterocycles. The molecule has 7 rings (SSSR count). The van der Waals surface area contributed by atoms with Crippen LogP contribution < -0.4 is 0 Å². The summed E-state index contributed by atoms with van der Waals surface area (Å²) in [5.41, 5.74) is 6.19. The zero-order valence-electron chi connectivity index (χ0n) is 42.3. The topological polar surface area (TPSA) is 40.6 Å². The monoisotopic (exact) mass is 965 g/mol. The summed E-state index contributed by atoms with van der Waals surface area (Å²) in [7, 11) is 0. The van der Waals surface area contributed by atoms with Crippen LogP contribution in [0.1, 0.15) is 189 Å². The van der Waals surface area contributed by atoms with Gasteiger partial charge in [-0.25, -0.2) is 0 Å². The van der Waals surface area contributed by atoms with Gasteiger partial charge >= 0.3 is 0 Å². The van der Waals surface area contributed by atoms with Crippen molar-refractivity contribution in [1.82, 2.24) is 9.80 Å². The zero-order chi connectivity index (χ0) is 47.1. The number of aryl methyl sites for hydroxylation is 2. The summed E-state index contributed by atoms with van der Waals surface area (Å²) in [5, 5.41) is 2.97. The largest absolute Gasteiger partial charge is 0.306 e. The predicted octanol–water partition coefficient (Wildman–Crippen LogP) is 18.3. The minimum atomic E-state index is 0.00997. The highest BCUT2D eigenvalue weighted by Crippen LogP contribution is 2.52. The molecule has 4 aromatic heterocycles. The molecular weight excluding hydrogens is 885 g/mol. The van der Waals surface area contributed by atoms with E-state index in [0.29, 0.717) is 47.9 Å². The van der Waals surface area contributed by atoms with Crippen molar-refractivity contribution in [2.24, 2.45) is 23.7 Å². The second-order valence-corrected chi connectivity index (χ2v) is 24.5. The first-order chi connectivity index (χ1) is 32.0. The van der Waals surface area contributed by atoms with E-state index in [2.05, 4.69) is 106 Å². The molecule has 66 heavy (non-hydrogen) atoms. The maximum Gasteiger partial charge on any atom is 0.261 e. The van der Waals surface area contributed by atoms with Crippen LogP contribution in [-0.4, -0.2) is 34.7 Å². The highest BCUT2D eigenvalue weighted by atomic mass is 32.1. The highest BCUT2D eigenvalue weighted by molar-refractivity contribution is 7.30. The van der Waals surface area contributed by atoms with E-state index in [1.165, 1.54) is 91.0 Å². The summed E-state index contributed by atoms with van der Waals surface area (Å²) in [4.78, 5) is 41.8. The van der Waals surface area contributed by atoms with E-state index in [-0.39, 0.29) is 11.8 Å². The van der Waals surface area contributed by atoms with Gasteiger partial charge in [-0.05, 0) is 121 Å². The van der Waals surface area contributed by atoms with Crippen LogP contribution >= 0.6 is 45.3 Å². The van der Waals surface area contributed by atoms with E-state index in [0.717, 1.165) is 85.4 Å². The van der Waals surface area contributed by atoms with Crippen molar-refractivity contribution in [2.75, 3.05) is 13.1 Å². The Balaban J connectivity index is 1.39. The van der Waals surface area contributed by atoms with Crippen LogP contribution in [0.4, 0.5) is 0 Å². The van der Waals surface area contributed by atoms with Gasteiger partial charge in [-0.15, -0.1) is 45.3 Å². The molecule has 8 heteroatoms. The smallest absolute Gasteiger partial charge is 0.261 e. The normalized spacial score (nSPS) is 16.3. The summed E-state index contributed by atoms with van der Waals surface area (Å²) in [6.45, 7) is 24.2. The van der Waals surface area contributed by atoms with Crippen LogP contribution in [0.3, 0.4) is 0 Å². The number of thiophene rings is 4.